The molecule has 14 heteroatoms. The molecule has 0 saturated carbocycles. The molecule has 0 aromatic carbocycles. The Morgan fingerprint density at radius 1 is 0.786 bits per heavy atom. The predicted octanol–water partition coefficient (Wildman–Crippen LogP) is -1.38. The van der Waals surface area contributed by atoms with Crippen molar-refractivity contribution in [3.63, 3.8) is 0 Å². The van der Waals surface area contributed by atoms with Crippen LogP contribution in [0.5, 0.6) is 0 Å². The maximum Gasteiger partial charge on any atom is 0.246 e. The van der Waals surface area contributed by atoms with E-state index in [-0.39, 0.29) is 12.3 Å². The molecule has 92 valence electrons. The van der Waals surface area contributed by atoms with Crippen molar-refractivity contribution in [3.8, 4) is 0 Å². The van der Waals surface area contributed by atoms with Gasteiger partial charge in [0.2, 0.25) is 20.8 Å². The van der Waals surface area contributed by atoms with Gasteiger partial charge in [-0.05, 0) is 0 Å². The van der Waals surface area contributed by atoms with E-state index < -0.39 is 20.8 Å². The molecule has 0 heterocycles. The second kappa shape index (κ2) is 9.15. The predicted molar refractivity (Wildman–Crippen MR) is 38.8 cm³/mol. The molecule has 0 aromatic heterocycles. The van der Waals surface area contributed by atoms with Crippen LogP contribution in [0.4, 0.5) is 0 Å². The fourth-order valence-electron chi connectivity index (χ4n) is 0.0680. The average Bonchev–Trinajstić information content (AvgIpc) is 1.86. The SMILES string of the molecule is O=S(=O)([O-])OOS(=O)(=O)[O-].OO.[NH4+].[NH4+]. The summed E-state index contributed by atoms with van der Waals surface area (Å²) >= 11 is 0. The summed E-state index contributed by atoms with van der Waals surface area (Å²) in [6, 6.07) is 0. The number of quaternary nitrogens is 2. The molecule has 0 aliphatic rings. The molecule has 0 rings (SSSR count). The summed E-state index contributed by atoms with van der Waals surface area (Å²) < 4.78 is 61.5. The summed E-state index contributed by atoms with van der Waals surface area (Å²) in [4.78, 5) is 0. The molecule has 14 heavy (non-hydrogen) atoms. The van der Waals surface area contributed by atoms with Crippen LogP contribution in [-0.2, 0) is 29.5 Å². The van der Waals surface area contributed by atoms with Crippen molar-refractivity contribution in [2.75, 3.05) is 0 Å². The van der Waals surface area contributed by atoms with Gasteiger partial charge in [0, 0.05) is 0 Å². The van der Waals surface area contributed by atoms with E-state index in [0.717, 1.165) is 0 Å². The molecule has 0 atom stereocenters. The van der Waals surface area contributed by atoms with Crippen LogP contribution >= 0.6 is 0 Å². The van der Waals surface area contributed by atoms with Crippen molar-refractivity contribution >= 4 is 20.8 Å². The lowest BCUT2D eigenvalue weighted by molar-refractivity contribution is -0.176. The van der Waals surface area contributed by atoms with Gasteiger partial charge >= 0.3 is 0 Å². The summed E-state index contributed by atoms with van der Waals surface area (Å²) in [6.07, 6.45) is 0. The van der Waals surface area contributed by atoms with Crippen molar-refractivity contribution in [3.05, 3.63) is 0 Å². The zero-order valence-corrected chi connectivity index (χ0v) is 8.61. The second-order valence-electron chi connectivity index (χ2n) is 0.953. The first kappa shape index (κ1) is 23.4. The van der Waals surface area contributed by atoms with Crippen molar-refractivity contribution in [1.82, 2.24) is 12.3 Å². The highest BCUT2D eigenvalue weighted by Gasteiger charge is 1.99. The Bertz CT molecular complexity index is 252. The molecule has 0 aliphatic carbocycles. The molecule has 0 unspecified atom stereocenters. The van der Waals surface area contributed by atoms with Gasteiger partial charge in [-0.1, -0.05) is 0 Å². The van der Waals surface area contributed by atoms with Crippen LogP contribution < -0.4 is 12.3 Å². The Morgan fingerprint density at radius 3 is 1.00 bits per heavy atom. The molecular weight excluding hydrogens is 252 g/mol. The fraction of sp³-hybridized carbons (Fsp3) is 0. The van der Waals surface area contributed by atoms with Gasteiger partial charge in [-0.15, -0.1) is 8.67 Å². The molecule has 0 saturated heterocycles. The Kier molecular flexibility index (Phi) is 15.3. The molecule has 10 N–H and O–H groups in total. The summed E-state index contributed by atoms with van der Waals surface area (Å²) in [5, 5.41) is 12.0. The average molecular weight is 262 g/mol. The highest BCUT2D eigenvalue weighted by atomic mass is 32.3. The van der Waals surface area contributed by atoms with Crippen LogP contribution in [0.2, 0.25) is 0 Å². The quantitative estimate of drug-likeness (QED) is 0.201. The minimum Gasteiger partial charge on any atom is -0.724 e. The van der Waals surface area contributed by atoms with E-state index >= 15 is 0 Å². The lowest BCUT2D eigenvalue weighted by atomic mass is 14.0. The van der Waals surface area contributed by atoms with Crippen molar-refractivity contribution in [2.45, 2.75) is 0 Å². The van der Waals surface area contributed by atoms with Gasteiger partial charge in [0.25, 0.3) is 0 Å². The van der Waals surface area contributed by atoms with E-state index in [1.807, 2.05) is 0 Å². The molecule has 0 spiro atoms. The van der Waals surface area contributed by atoms with Crippen molar-refractivity contribution in [2.24, 2.45) is 0 Å². The fourth-order valence-corrected chi connectivity index (χ4v) is 0.612. The highest BCUT2D eigenvalue weighted by Crippen LogP contribution is 1.92. The monoisotopic (exact) mass is 262 g/mol. The summed E-state index contributed by atoms with van der Waals surface area (Å²) in [7, 11) is -10.6. The normalized spacial score (nSPS) is 10.0. The smallest absolute Gasteiger partial charge is 0.246 e. The summed E-state index contributed by atoms with van der Waals surface area (Å²) in [6.45, 7) is 0. The molecule has 0 amide bonds. The highest BCUT2D eigenvalue weighted by molar-refractivity contribution is 7.83. The van der Waals surface area contributed by atoms with E-state index in [4.69, 9.17) is 10.5 Å². The van der Waals surface area contributed by atoms with Crippen LogP contribution in [0.1, 0.15) is 0 Å². The van der Waals surface area contributed by atoms with Gasteiger partial charge in [-0.3, -0.25) is 10.5 Å². The zero-order chi connectivity index (χ0) is 10.4. The van der Waals surface area contributed by atoms with Crippen LogP contribution in [0.25, 0.3) is 0 Å². The van der Waals surface area contributed by atoms with Gasteiger partial charge in [0.15, 0.2) is 0 Å². The number of rotatable bonds is 3. The Balaban J connectivity index is -0.000000117. The van der Waals surface area contributed by atoms with E-state index in [1.165, 1.54) is 0 Å². The largest absolute Gasteiger partial charge is 0.724 e. The van der Waals surface area contributed by atoms with Gasteiger partial charge in [-0.25, -0.2) is 16.8 Å². The van der Waals surface area contributed by atoms with Crippen molar-refractivity contribution < 1.29 is 45.1 Å². The standard InChI is InChI=1S/2H3N.H2O8S2.H2O2/c;;1-9(2,3)7-8-10(4,5)6;1-2/h2*1H3;(H,1,2,3)(H,4,5,6);1-2H. The number of hydrogen-bond acceptors (Lipinski definition) is 10. The van der Waals surface area contributed by atoms with Crippen LogP contribution in [0, 0.1) is 0 Å². The lowest BCUT2D eigenvalue weighted by Gasteiger charge is -2.07. The minimum absolute atomic E-state index is 0. The molecular formula is H10N2O10S2. The summed E-state index contributed by atoms with van der Waals surface area (Å²) in [5.41, 5.74) is 0. The van der Waals surface area contributed by atoms with Gasteiger partial charge in [0.05, 0.1) is 0 Å². The number of hydrogen-bond donors (Lipinski definition) is 4. The zero-order valence-electron chi connectivity index (χ0n) is 6.98. The first-order valence-electron chi connectivity index (χ1n) is 1.70. The molecule has 12 nitrogen and oxygen atoms in total. The van der Waals surface area contributed by atoms with Crippen molar-refractivity contribution in [1.29, 1.82) is 0 Å². The van der Waals surface area contributed by atoms with Gasteiger partial charge in [0.1, 0.15) is 0 Å². The Morgan fingerprint density at radius 2 is 0.929 bits per heavy atom. The van der Waals surface area contributed by atoms with E-state index in [1.54, 1.807) is 0 Å². The van der Waals surface area contributed by atoms with Gasteiger partial charge in [-0.2, -0.15) is 0 Å². The van der Waals surface area contributed by atoms with E-state index in [2.05, 4.69) is 8.67 Å². The van der Waals surface area contributed by atoms with E-state index in [9.17, 15) is 25.9 Å². The van der Waals surface area contributed by atoms with Crippen LogP contribution in [0.3, 0.4) is 0 Å². The van der Waals surface area contributed by atoms with Crippen LogP contribution in [-0.4, -0.2) is 36.5 Å². The van der Waals surface area contributed by atoms with Gasteiger partial charge < -0.3 is 21.4 Å². The first-order valence-corrected chi connectivity index (χ1v) is 4.37. The molecule has 0 bridgehead atoms. The maximum atomic E-state index is 9.37. The lowest BCUT2D eigenvalue weighted by Crippen LogP contribution is -2.10. The van der Waals surface area contributed by atoms with E-state index in [0.29, 0.717) is 0 Å². The van der Waals surface area contributed by atoms with Crippen LogP contribution in [0.15, 0.2) is 0 Å². The molecule has 0 aromatic rings. The second-order valence-corrected chi connectivity index (χ2v) is 2.86. The topological polar surface area (TPSA) is 246 Å². The Labute approximate surface area is 79.0 Å². The molecule has 0 aliphatic heterocycles. The summed E-state index contributed by atoms with van der Waals surface area (Å²) in [5.74, 6) is 0. The molecule has 0 fully saturated rings. The third-order valence-electron chi connectivity index (χ3n) is 0.194. The third-order valence-corrected chi connectivity index (χ3v) is 0.750. The Hall–Kier alpha value is -0.420. The maximum absolute atomic E-state index is 9.37. The minimum atomic E-state index is -5.31. The first-order chi connectivity index (χ1) is 5.21. The third kappa shape index (κ3) is 29.9. The molecule has 0 radical (unpaired) electrons.